The van der Waals surface area contributed by atoms with Crippen LogP contribution in [-0.2, 0) is 11.2 Å². The number of rotatable bonds is 6. The van der Waals surface area contributed by atoms with E-state index < -0.39 is 0 Å². The molecule has 1 aromatic carbocycles. The third kappa shape index (κ3) is 4.32. The SMILES string of the molecule is O=[C]CCCCCc1cc(Cl)c(Cl)c(Cl)c1. The first-order chi connectivity index (χ1) is 7.65. The predicted molar refractivity (Wildman–Crippen MR) is 69.3 cm³/mol. The van der Waals surface area contributed by atoms with Gasteiger partial charge in [0, 0.05) is 6.42 Å². The summed E-state index contributed by atoms with van der Waals surface area (Å²) in [6.45, 7) is 0. The van der Waals surface area contributed by atoms with Crippen LogP contribution in [0.3, 0.4) is 0 Å². The predicted octanol–water partition coefficient (Wildman–Crippen LogP) is 4.86. The van der Waals surface area contributed by atoms with Crippen LogP contribution >= 0.6 is 34.8 Å². The molecule has 1 aromatic rings. The Balaban J connectivity index is 2.45. The van der Waals surface area contributed by atoms with Crippen LogP contribution in [0, 0.1) is 0 Å². The van der Waals surface area contributed by atoms with Crippen LogP contribution in [0.1, 0.15) is 31.2 Å². The fourth-order valence-corrected chi connectivity index (χ4v) is 2.10. The average Bonchev–Trinajstić information content (AvgIpc) is 2.25. The first kappa shape index (κ1) is 13.8. The summed E-state index contributed by atoms with van der Waals surface area (Å²) < 4.78 is 0. The molecule has 0 aliphatic rings. The Morgan fingerprint density at radius 3 is 2.19 bits per heavy atom. The number of hydrogen-bond acceptors (Lipinski definition) is 1. The molecule has 0 saturated carbocycles. The van der Waals surface area contributed by atoms with Crippen molar-refractivity contribution in [1.82, 2.24) is 0 Å². The highest BCUT2D eigenvalue weighted by molar-refractivity contribution is 6.48. The van der Waals surface area contributed by atoms with E-state index in [1.54, 1.807) is 0 Å². The fraction of sp³-hybridized carbons (Fsp3) is 0.417. The van der Waals surface area contributed by atoms with E-state index in [0.717, 1.165) is 31.2 Å². The second-order valence-electron chi connectivity index (χ2n) is 3.58. The van der Waals surface area contributed by atoms with Crippen molar-refractivity contribution in [3.05, 3.63) is 32.8 Å². The van der Waals surface area contributed by atoms with Gasteiger partial charge in [-0.15, -0.1) is 0 Å². The summed E-state index contributed by atoms with van der Waals surface area (Å²) in [6.07, 6.45) is 6.20. The van der Waals surface area contributed by atoms with Crippen molar-refractivity contribution in [2.45, 2.75) is 32.1 Å². The Hall–Kier alpha value is -0.240. The lowest BCUT2D eigenvalue weighted by molar-refractivity contribution is 0.545. The third-order valence-corrected chi connectivity index (χ3v) is 3.48. The highest BCUT2D eigenvalue weighted by Gasteiger charge is 2.05. The normalized spacial score (nSPS) is 10.4. The molecular weight excluding hydrogens is 266 g/mol. The van der Waals surface area contributed by atoms with E-state index in [1.165, 1.54) is 0 Å². The molecule has 0 saturated heterocycles. The highest BCUT2D eigenvalue weighted by Crippen LogP contribution is 2.31. The molecule has 1 nitrogen and oxygen atoms in total. The van der Waals surface area contributed by atoms with Gasteiger partial charge in [-0.1, -0.05) is 41.2 Å². The van der Waals surface area contributed by atoms with E-state index in [1.807, 2.05) is 18.4 Å². The van der Waals surface area contributed by atoms with Gasteiger partial charge in [-0.25, -0.2) is 0 Å². The molecule has 0 amide bonds. The molecule has 0 aliphatic heterocycles. The summed E-state index contributed by atoms with van der Waals surface area (Å²) in [6, 6.07) is 3.67. The molecule has 0 bridgehead atoms. The topological polar surface area (TPSA) is 17.1 Å². The first-order valence-electron chi connectivity index (χ1n) is 5.13. The Kier molecular flexibility index (Phi) is 6.18. The largest absolute Gasteiger partial charge is 0.291 e. The first-order valence-corrected chi connectivity index (χ1v) is 6.27. The van der Waals surface area contributed by atoms with Crippen molar-refractivity contribution >= 4 is 41.1 Å². The zero-order chi connectivity index (χ0) is 12.0. The number of halogens is 3. The average molecular weight is 279 g/mol. The second kappa shape index (κ2) is 7.16. The summed E-state index contributed by atoms with van der Waals surface area (Å²) in [7, 11) is 0. The summed E-state index contributed by atoms with van der Waals surface area (Å²) in [5.74, 6) is 0. The molecule has 0 spiro atoms. The van der Waals surface area contributed by atoms with Crippen molar-refractivity contribution in [3.8, 4) is 0 Å². The van der Waals surface area contributed by atoms with Crippen LogP contribution in [0.4, 0.5) is 0 Å². The maximum absolute atomic E-state index is 9.99. The second-order valence-corrected chi connectivity index (χ2v) is 4.77. The summed E-state index contributed by atoms with van der Waals surface area (Å²) >= 11 is 17.7. The van der Waals surface area contributed by atoms with Gasteiger partial charge in [0.25, 0.3) is 0 Å². The maximum Gasteiger partial charge on any atom is 0.198 e. The van der Waals surface area contributed by atoms with Crippen molar-refractivity contribution in [2.75, 3.05) is 0 Å². The number of unbranched alkanes of at least 4 members (excludes halogenated alkanes) is 3. The molecule has 0 aromatic heterocycles. The van der Waals surface area contributed by atoms with Gasteiger partial charge in [0.05, 0.1) is 15.1 Å². The molecule has 0 aliphatic carbocycles. The van der Waals surface area contributed by atoms with E-state index in [9.17, 15) is 4.79 Å². The highest BCUT2D eigenvalue weighted by atomic mass is 35.5. The molecule has 0 N–H and O–H groups in total. The Morgan fingerprint density at radius 2 is 1.62 bits per heavy atom. The standard InChI is InChI=1S/C12H12Cl3O/c13-10-7-9(8-11(14)12(10)15)5-3-1-2-4-6-16/h7-8H,1-5H2. The quantitative estimate of drug-likeness (QED) is 0.536. The minimum absolute atomic E-state index is 0.405. The van der Waals surface area contributed by atoms with Crippen LogP contribution in [0.2, 0.25) is 15.1 Å². The van der Waals surface area contributed by atoms with Crippen molar-refractivity contribution in [2.24, 2.45) is 0 Å². The van der Waals surface area contributed by atoms with Gasteiger partial charge in [0.1, 0.15) is 0 Å². The Bertz CT molecular complexity index is 340. The zero-order valence-corrected chi connectivity index (χ0v) is 11.0. The molecule has 1 rings (SSSR count). The van der Waals surface area contributed by atoms with Gasteiger partial charge in [-0.2, -0.15) is 0 Å². The lowest BCUT2D eigenvalue weighted by Crippen LogP contribution is -1.87. The fourth-order valence-electron chi connectivity index (χ4n) is 1.46. The molecular formula is C12H12Cl3O. The molecule has 4 heteroatoms. The Morgan fingerprint density at radius 1 is 1.00 bits per heavy atom. The van der Waals surface area contributed by atoms with E-state index in [2.05, 4.69) is 0 Å². The number of benzene rings is 1. The Labute approximate surface area is 111 Å². The minimum Gasteiger partial charge on any atom is -0.291 e. The molecule has 0 unspecified atom stereocenters. The van der Waals surface area contributed by atoms with Crippen molar-refractivity contribution < 1.29 is 4.79 Å². The summed E-state index contributed by atoms with van der Waals surface area (Å²) in [5, 5.41) is 1.39. The third-order valence-electron chi connectivity index (χ3n) is 2.29. The van der Waals surface area contributed by atoms with Gasteiger partial charge in [0.15, 0.2) is 6.29 Å². The molecule has 0 atom stereocenters. The van der Waals surface area contributed by atoms with E-state index in [4.69, 9.17) is 34.8 Å². The minimum atomic E-state index is 0.405. The van der Waals surface area contributed by atoms with Gasteiger partial charge < -0.3 is 0 Å². The van der Waals surface area contributed by atoms with Gasteiger partial charge in [-0.3, -0.25) is 4.79 Å². The number of carbonyl (C=O) groups excluding carboxylic acids is 1. The summed E-state index contributed by atoms with van der Waals surface area (Å²) in [5.41, 5.74) is 1.08. The molecule has 87 valence electrons. The lowest BCUT2D eigenvalue weighted by atomic mass is 10.1. The van der Waals surface area contributed by atoms with Crippen molar-refractivity contribution in [1.29, 1.82) is 0 Å². The summed E-state index contributed by atoms with van der Waals surface area (Å²) in [4.78, 5) is 9.99. The van der Waals surface area contributed by atoms with Crippen molar-refractivity contribution in [3.63, 3.8) is 0 Å². The van der Waals surface area contributed by atoms with Gasteiger partial charge in [0.2, 0.25) is 0 Å². The van der Waals surface area contributed by atoms with Gasteiger partial charge >= 0.3 is 0 Å². The zero-order valence-electron chi connectivity index (χ0n) is 8.73. The van der Waals surface area contributed by atoms with Crippen LogP contribution < -0.4 is 0 Å². The van der Waals surface area contributed by atoms with Gasteiger partial charge in [-0.05, 0) is 37.0 Å². The molecule has 0 fully saturated rings. The number of hydrogen-bond donors (Lipinski definition) is 0. The van der Waals surface area contributed by atoms with E-state index >= 15 is 0 Å². The monoisotopic (exact) mass is 277 g/mol. The smallest absolute Gasteiger partial charge is 0.198 e. The van der Waals surface area contributed by atoms with E-state index in [-0.39, 0.29) is 0 Å². The van der Waals surface area contributed by atoms with Crippen LogP contribution in [0.5, 0.6) is 0 Å². The lowest BCUT2D eigenvalue weighted by Gasteiger charge is -2.05. The molecule has 1 radical (unpaired) electrons. The molecule has 0 heterocycles. The van der Waals surface area contributed by atoms with Crippen LogP contribution in [0.15, 0.2) is 12.1 Å². The number of aryl methyl sites for hydroxylation is 1. The van der Waals surface area contributed by atoms with Crippen LogP contribution in [0.25, 0.3) is 0 Å². The van der Waals surface area contributed by atoms with E-state index in [0.29, 0.717) is 21.5 Å². The molecule has 16 heavy (non-hydrogen) atoms. The maximum atomic E-state index is 9.99. The van der Waals surface area contributed by atoms with Crippen LogP contribution in [-0.4, -0.2) is 6.29 Å².